The normalized spacial score (nSPS) is 31.4. The van der Waals surface area contributed by atoms with Gasteiger partial charge >= 0.3 is 0 Å². The van der Waals surface area contributed by atoms with Crippen LogP contribution in [0.5, 0.6) is 0 Å². The van der Waals surface area contributed by atoms with E-state index >= 15 is 0 Å². The Balaban J connectivity index is 1.75. The lowest BCUT2D eigenvalue weighted by Gasteiger charge is -2.31. The van der Waals surface area contributed by atoms with E-state index in [1.165, 1.54) is 19.3 Å². The minimum atomic E-state index is 0.430. The second-order valence-corrected chi connectivity index (χ2v) is 5.59. The van der Waals surface area contributed by atoms with Gasteiger partial charge in [0.2, 0.25) is 5.95 Å². The van der Waals surface area contributed by atoms with Crippen LogP contribution < -0.4 is 4.90 Å². The third-order valence-electron chi connectivity index (χ3n) is 4.39. The van der Waals surface area contributed by atoms with E-state index in [0.717, 1.165) is 30.5 Å². The quantitative estimate of drug-likeness (QED) is 0.801. The molecule has 1 aromatic heterocycles. The molecule has 0 radical (unpaired) electrons. The maximum atomic E-state index is 5.64. The molecule has 2 heterocycles. The molecule has 0 amide bonds. The van der Waals surface area contributed by atoms with Crippen LogP contribution in [-0.2, 0) is 4.74 Å². The molecular weight excluding hydrogens is 226 g/mol. The lowest BCUT2D eigenvalue weighted by molar-refractivity contribution is 0.0140. The number of aryl methyl sites for hydroxylation is 1. The van der Waals surface area contributed by atoms with Gasteiger partial charge in [0.15, 0.2) is 0 Å². The van der Waals surface area contributed by atoms with Crippen molar-refractivity contribution in [2.45, 2.75) is 32.3 Å². The van der Waals surface area contributed by atoms with Gasteiger partial charge in [0.1, 0.15) is 0 Å². The second kappa shape index (κ2) is 4.84. The number of methoxy groups -OCH3 is 1. The van der Waals surface area contributed by atoms with Crippen LogP contribution in [0, 0.1) is 18.8 Å². The Labute approximate surface area is 108 Å². The molecule has 1 aromatic rings. The van der Waals surface area contributed by atoms with Crippen LogP contribution in [0.3, 0.4) is 0 Å². The molecule has 3 rings (SSSR count). The molecule has 2 fully saturated rings. The van der Waals surface area contributed by atoms with Gasteiger partial charge in [-0.25, -0.2) is 9.97 Å². The number of anilines is 1. The zero-order valence-electron chi connectivity index (χ0n) is 11.2. The number of fused-ring (bicyclic) bond motifs is 1. The van der Waals surface area contributed by atoms with Crippen LogP contribution in [-0.4, -0.2) is 36.3 Å². The van der Waals surface area contributed by atoms with Crippen molar-refractivity contribution in [2.75, 3.05) is 25.1 Å². The smallest absolute Gasteiger partial charge is 0.225 e. The number of hydrogen-bond acceptors (Lipinski definition) is 4. The monoisotopic (exact) mass is 247 g/mol. The van der Waals surface area contributed by atoms with Crippen LogP contribution in [0.25, 0.3) is 0 Å². The number of nitrogens with zero attached hydrogens (tertiary/aromatic N) is 3. The highest BCUT2D eigenvalue weighted by Gasteiger charge is 2.41. The first-order valence-corrected chi connectivity index (χ1v) is 6.84. The summed E-state index contributed by atoms with van der Waals surface area (Å²) < 4.78 is 5.64. The Bertz CT molecular complexity index is 406. The lowest BCUT2D eigenvalue weighted by Crippen LogP contribution is -2.33. The molecule has 1 saturated carbocycles. The van der Waals surface area contributed by atoms with E-state index in [-0.39, 0.29) is 0 Å². The van der Waals surface area contributed by atoms with Crippen LogP contribution in [0.2, 0.25) is 0 Å². The van der Waals surface area contributed by atoms with Gasteiger partial charge in [-0.3, -0.25) is 0 Å². The van der Waals surface area contributed by atoms with Gasteiger partial charge in [-0.1, -0.05) is 6.42 Å². The molecule has 0 bridgehead atoms. The fraction of sp³-hybridized carbons (Fsp3) is 0.714. The summed E-state index contributed by atoms with van der Waals surface area (Å²) in [5, 5.41) is 0. The summed E-state index contributed by atoms with van der Waals surface area (Å²) in [5.41, 5.74) is 1.12. The Kier molecular flexibility index (Phi) is 3.20. The van der Waals surface area contributed by atoms with E-state index in [4.69, 9.17) is 4.74 Å². The van der Waals surface area contributed by atoms with Gasteiger partial charge in [0.25, 0.3) is 0 Å². The molecule has 18 heavy (non-hydrogen) atoms. The second-order valence-electron chi connectivity index (χ2n) is 5.59. The minimum Gasteiger partial charge on any atom is -0.381 e. The first-order chi connectivity index (χ1) is 8.78. The summed E-state index contributed by atoms with van der Waals surface area (Å²) in [6.45, 7) is 4.16. The van der Waals surface area contributed by atoms with Crippen molar-refractivity contribution >= 4 is 5.95 Å². The van der Waals surface area contributed by atoms with Crippen molar-refractivity contribution in [1.29, 1.82) is 0 Å². The molecule has 1 aliphatic heterocycles. The van der Waals surface area contributed by atoms with Crippen molar-refractivity contribution in [3.8, 4) is 0 Å². The lowest BCUT2D eigenvalue weighted by atomic mass is 9.79. The molecule has 0 N–H and O–H groups in total. The fourth-order valence-electron chi connectivity index (χ4n) is 3.42. The zero-order chi connectivity index (χ0) is 12.5. The van der Waals surface area contributed by atoms with Crippen LogP contribution in [0.4, 0.5) is 5.95 Å². The van der Waals surface area contributed by atoms with Crippen molar-refractivity contribution in [3.05, 3.63) is 18.0 Å². The largest absolute Gasteiger partial charge is 0.381 e. The summed E-state index contributed by atoms with van der Waals surface area (Å²) in [5.74, 6) is 2.30. The number of aromatic nitrogens is 2. The van der Waals surface area contributed by atoms with Gasteiger partial charge in [0, 0.05) is 38.5 Å². The Hall–Kier alpha value is -1.16. The Morgan fingerprint density at radius 3 is 2.72 bits per heavy atom. The van der Waals surface area contributed by atoms with E-state index in [1.807, 2.05) is 26.4 Å². The van der Waals surface area contributed by atoms with E-state index < -0.39 is 0 Å². The average Bonchev–Trinajstić information content (AvgIpc) is 2.83. The predicted octanol–water partition coefficient (Wildman–Crippen LogP) is 2.04. The first-order valence-electron chi connectivity index (χ1n) is 6.84. The van der Waals surface area contributed by atoms with Gasteiger partial charge in [0.05, 0.1) is 6.10 Å². The highest BCUT2D eigenvalue weighted by atomic mass is 16.5. The van der Waals surface area contributed by atoms with E-state index in [1.54, 1.807) is 0 Å². The first kappa shape index (κ1) is 11.9. The molecule has 98 valence electrons. The molecule has 0 spiro atoms. The predicted molar refractivity (Wildman–Crippen MR) is 70.6 cm³/mol. The fourth-order valence-corrected chi connectivity index (χ4v) is 3.42. The molecular formula is C14H21N3O. The summed E-state index contributed by atoms with van der Waals surface area (Å²) in [6, 6.07) is 0. The maximum absolute atomic E-state index is 5.64. The highest BCUT2D eigenvalue weighted by Crippen LogP contribution is 2.38. The number of hydrogen-bond donors (Lipinski definition) is 0. The average molecular weight is 247 g/mol. The van der Waals surface area contributed by atoms with Crippen LogP contribution >= 0.6 is 0 Å². The summed E-state index contributed by atoms with van der Waals surface area (Å²) in [4.78, 5) is 11.2. The molecule has 2 aliphatic rings. The zero-order valence-corrected chi connectivity index (χ0v) is 11.2. The third kappa shape index (κ3) is 2.09. The topological polar surface area (TPSA) is 38.2 Å². The molecule has 1 unspecified atom stereocenters. The van der Waals surface area contributed by atoms with E-state index in [2.05, 4.69) is 14.9 Å². The molecule has 1 saturated heterocycles. The highest BCUT2D eigenvalue weighted by molar-refractivity contribution is 5.32. The van der Waals surface area contributed by atoms with Crippen molar-refractivity contribution in [2.24, 2.45) is 11.8 Å². The Morgan fingerprint density at radius 2 is 2.00 bits per heavy atom. The summed E-state index contributed by atoms with van der Waals surface area (Å²) >= 11 is 0. The molecule has 1 aliphatic carbocycles. The molecule has 4 nitrogen and oxygen atoms in total. The SMILES string of the molecule is COC1CCC[C@@H]2CN(c3ncc(C)cn3)C[C@H]12. The van der Waals surface area contributed by atoms with Crippen molar-refractivity contribution in [3.63, 3.8) is 0 Å². The summed E-state index contributed by atoms with van der Waals surface area (Å²) in [6.07, 6.45) is 8.06. The van der Waals surface area contributed by atoms with Gasteiger partial charge in [-0.2, -0.15) is 0 Å². The van der Waals surface area contributed by atoms with Gasteiger partial charge < -0.3 is 9.64 Å². The maximum Gasteiger partial charge on any atom is 0.225 e. The molecule has 0 aromatic carbocycles. The molecule has 4 heteroatoms. The van der Waals surface area contributed by atoms with E-state index in [9.17, 15) is 0 Å². The van der Waals surface area contributed by atoms with Gasteiger partial charge in [-0.05, 0) is 31.2 Å². The van der Waals surface area contributed by atoms with E-state index in [0.29, 0.717) is 12.0 Å². The van der Waals surface area contributed by atoms with Crippen LogP contribution in [0.15, 0.2) is 12.4 Å². The molecule has 3 atom stereocenters. The number of rotatable bonds is 2. The summed E-state index contributed by atoms with van der Waals surface area (Å²) in [7, 11) is 1.85. The van der Waals surface area contributed by atoms with Crippen molar-refractivity contribution in [1.82, 2.24) is 9.97 Å². The van der Waals surface area contributed by atoms with Crippen LogP contribution in [0.1, 0.15) is 24.8 Å². The number of ether oxygens (including phenoxy) is 1. The van der Waals surface area contributed by atoms with Crippen molar-refractivity contribution < 1.29 is 4.74 Å². The third-order valence-corrected chi connectivity index (χ3v) is 4.39. The standard InChI is InChI=1S/C14H21N3O/c1-10-6-15-14(16-7-10)17-8-11-4-3-5-13(18-2)12(11)9-17/h6-7,11-13H,3-5,8-9H2,1-2H3/t11-,12+,13?/m1/s1. The Morgan fingerprint density at radius 1 is 1.22 bits per heavy atom. The van der Waals surface area contributed by atoms with Gasteiger partial charge in [-0.15, -0.1) is 0 Å². The minimum absolute atomic E-state index is 0.430.